The first-order valence-corrected chi connectivity index (χ1v) is 12.1. The SMILES string of the molecule is COc1ccc(S(=O)(=O)N2CC(O)CN(S(=O)(=O)c3ccc(OC)cc3)C2C(=O)O)cc1. The lowest BCUT2D eigenvalue weighted by Crippen LogP contribution is -2.64. The van der Waals surface area contributed by atoms with Crippen molar-refractivity contribution in [2.45, 2.75) is 22.1 Å². The molecule has 11 nitrogen and oxygen atoms in total. The molecule has 1 saturated heterocycles. The number of ether oxygens (including phenoxy) is 2. The zero-order valence-corrected chi connectivity index (χ0v) is 18.8. The fraction of sp³-hybridized carbons (Fsp3) is 0.316. The summed E-state index contributed by atoms with van der Waals surface area (Å²) in [6.07, 6.45) is -3.55. The van der Waals surface area contributed by atoms with Crippen LogP contribution in [0.5, 0.6) is 11.5 Å². The lowest BCUT2D eigenvalue weighted by atomic mass is 10.2. The minimum Gasteiger partial charge on any atom is -0.497 e. The fourth-order valence-electron chi connectivity index (χ4n) is 3.29. The van der Waals surface area contributed by atoms with Crippen molar-refractivity contribution >= 4 is 26.0 Å². The van der Waals surface area contributed by atoms with Crippen LogP contribution in [0, 0.1) is 0 Å². The number of aliphatic hydroxyl groups excluding tert-OH is 1. The van der Waals surface area contributed by atoms with Crippen molar-refractivity contribution in [2.24, 2.45) is 0 Å². The van der Waals surface area contributed by atoms with E-state index >= 15 is 0 Å². The van der Waals surface area contributed by atoms with Gasteiger partial charge in [0, 0.05) is 13.1 Å². The standard InChI is InChI=1S/C19H22N2O9S2/c1-29-14-3-7-16(8-4-14)31(25,26)20-11-13(22)12-21(18(20)19(23)24)32(27,28)17-9-5-15(30-2)6-10-17/h3-10,13,18,22H,11-12H2,1-2H3,(H,23,24). The molecule has 2 aromatic carbocycles. The number of rotatable bonds is 7. The van der Waals surface area contributed by atoms with Gasteiger partial charge in [0.1, 0.15) is 11.5 Å². The van der Waals surface area contributed by atoms with E-state index in [4.69, 9.17) is 9.47 Å². The third kappa shape index (κ3) is 4.42. The molecule has 0 unspecified atom stereocenters. The van der Waals surface area contributed by atoms with Crippen LogP contribution in [0.3, 0.4) is 0 Å². The summed E-state index contributed by atoms with van der Waals surface area (Å²) < 4.78 is 63.8. The van der Waals surface area contributed by atoms with E-state index in [0.29, 0.717) is 20.1 Å². The Balaban J connectivity index is 2.07. The van der Waals surface area contributed by atoms with Gasteiger partial charge in [0.05, 0.1) is 30.1 Å². The maximum atomic E-state index is 13.2. The zero-order chi connectivity index (χ0) is 23.7. The van der Waals surface area contributed by atoms with Crippen LogP contribution in [-0.2, 0) is 24.8 Å². The van der Waals surface area contributed by atoms with Crippen LogP contribution in [0.15, 0.2) is 58.3 Å². The first-order chi connectivity index (χ1) is 15.0. The molecule has 1 aliphatic rings. The highest BCUT2D eigenvalue weighted by Crippen LogP contribution is 2.30. The second-order valence-electron chi connectivity index (χ2n) is 6.87. The number of benzene rings is 2. The molecule has 3 rings (SSSR count). The van der Waals surface area contributed by atoms with Crippen LogP contribution in [0.2, 0.25) is 0 Å². The van der Waals surface area contributed by atoms with Gasteiger partial charge in [-0.05, 0) is 48.5 Å². The van der Waals surface area contributed by atoms with Gasteiger partial charge in [-0.3, -0.25) is 0 Å². The van der Waals surface area contributed by atoms with E-state index in [-0.39, 0.29) is 9.79 Å². The summed E-state index contributed by atoms with van der Waals surface area (Å²) in [5.74, 6) is -0.951. The Morgan fingerprint density at radius 2 is 1.16 bits per heavy atom. The van der Waals surface area contributed by atoms with E-state index in [1.165, 1.54) is 62.8 Å². The van der Waals surface area contributed by atoms with Gasteiger partial charge in [-0.1, -0.05) is 0 Å². The second kappa shape index (κ2) is 9.03. The number of hydrogen-bond donors (Lipinski definition) is 2. The van der Waals surface area contributed by atoms with Crippen molar-refractivity contribution in [2.75, 3.05) is 27.3 Å². The Kier molecular flexibility index (Phi) is 6.76. The molecule has 0 bridgehead atoms. The highest BCUT2D eigenvalue weighted by molar-refractivity contribution is 7.90. The van der Waals surface area contributed by atoms with Crippen LogP contribution in [0.4, 0.5) is 0 Å². The quantitative estimate of drug-likeness (QED) is 0.558. The minimum absolute atomic E-state index is 0.277. The van der Waals surface area contributed by atoms with Crippen molar-refractivity contribution in [3.8, 4) is 11.5 Å². The molecule has 0 atom stereocenters. The van der Waals surface area contributed by atoms with Crippen LogP contribution < -0.4 is 9.47 Å². The molecule has 174 valence electrons. The number of hydrogen-bond acceptors (Lipinski definition) is 8. The van der Waals surface area contributed by atoms with E-state index < -0.39 is 51.4 Å². The number of sulfonamides is 2. The first kappa shape index (κ1) is 23.9. The Morgan fingerprint density at radius 1 is 0.812 bits per heavy atom. The van der Waals surface area contributed by atoms with Crippen molar-refractivity contribution in [1.29, 1.82) is 0 Å². The third-order valence-corrected chi connectivity index (χ3v) is 8.55. The number of carboxylic acid groups (broad SMARTS) is 1. The fourth-order valence-corrected chi connectivity index (χ4v) is 6.52. The van der Waals surface area contributed by atoms with Crippen LogP contribution in [0.25, 0.3) is 0 Å². The van der Waals surface area contributed by atoms with E-state index in [1.54, 1.807) is 0 Å². The van der Waals surface area contributed by atoms with E-state index in [0.717, 1.165) is 0 Å². The normalized spacial score (nSPS) is 20.6. The minimum atomic E-state index is -4.49. The molecule has 0 spiro atoms. The van der Waals surface area contributed by atoms with Crippen LogP contribution in [-0.4, -0.2) is 81.2 Å². The van der Waals surface area contributed by atoms with Crippen LogP contribution in [0.1, 0.15) is 0 Å². The number of carboxylic acids is 1. The Bertz CT molecular complexity index is 1090. The third-order valence-electron chi connectivity index (χ3n) is 4.88. The number of aliphatic hydroxyl groups is 1. The maximum absolute atomic E-state index is 13.2. The lowest BCUT2D eigenvalue weighted by molar-refractivity contribution is -0.148. The molecule has 0 radical (unpaired) electrons. The molecule has 2 aromatic rings. The van der Waals surface area contributed by atoms with Gasteiger partial charge in [-0.15, -0.1) is 0 Å². The zero-order valence-electron chi connectivity index (χ0n) is 17.2. The maximum Gasteiger partial charge on any atom is 0.338 e. The van der Waals surface area contributed by atoms with Crippen LogP contribution >= 0.6 is 0 Å². The second-order valence-corrected chi connectivity index (χ2v) is 10.6. The molecule has 0 amide bonds. The van der Waals surface area contributed by atoms with E-state index in [1.807, 2.05) is 0 Å². The summed E-state index contributed by atoms with van der Waals surface area (Å²) in [4.78, 5) is 11.6. The number of aliphatic carboxylic acids is 1. The lowest BCUT2D eigenvalue weighted by Gasteiger charge is -2.41. The summed E-state index contributed by atoms with van der Waals surface area (Å²) in [5.41, 5.74) is 0. The molecule has 2 N–H and O–H groups in total. The molecule has 0 aliphatic carbocycles. The smallest absolute Gasteiger partial charge is 0.338 e. The van der Waals surface area contributed by atoms with Crippen molar-refractivity contribution in [3.05, 3.63) is 48.5 Å². The van der Waals surface area contributed by atoms with Gasteiger partial charge in [-0.2, -0.15) is 8.61 Å². The molecular weight excluding hydrogens is 464 g/mol. The summed E-state index contributed by atoms with van der Waals surface area (Å²) in [7, 11) is -6.19. The summed E-state index contributed by atoms with van der Waals surface area (Å²) in [6, 6.07) is 10.3. The van der Waals surface area contributed by atoms with E-state index in [9.17, 15) is 31.8 Å². The molecule has 1 aliphatic heterocycles. The summed E-state index contributed by atoms with van der Waals surface area (Å²) in [6.45, 7) is -1.19. The van der Waals surface area contributed by atoms with Gasteiger partial charge in [-0.25, -0.2) is 21.6 Å². The highest BCUT2D eigenvalue weighted by Gasteiger charge is 2.49. The summed E-state index contributed by atoms with van der Waals surface area (Å²) >= 11 is 0. The van der Waals surface area contributed by atoms with Gasteiger partial charge in [0.25, 0.3) is 0 Å². The molecule has 1 heterocycles. The summed E-state index contributed by atoms with van der Waals surface area (Å²) in [5, 5.41) is 20.1. The molecule has 13 heteroatoms. The Morgan fingerprint density at radius 3 is 1.44 bits per heavy atom. The highest BCUT2D eigenvalue weighted by atomic mass is 32.2. The largest absolute Gasteiger partial charge is 0.497 e. The number of methoxy groups -OCH3 is 2. The monoisotopic (exact) mass is 486 g/mol. The number of nitrogens with zero attached hydrogens (tertiary/aromatic N) is 2. The number of carbonyl (C=O) groups is 1. The van der Waals surface area contributed by atoms with Gasteiger partial charge < -0.3 is 19.7 Å². The molecular formula is C19H22N2O9S2. The Hall–Kier alpha value is -2.71. The van der Waals surface area contributed by atoms with E-state index in [2.05, 4.69) is 0 Å². The Labute approximate surface area is 185 Å². The average molecular weight is 487 g/mol. The van der Waals surface area contributed by atoms with Crippen molar-refractivity contribution in [1.82, 2.24) is 8.61 Å². The average Bonchev–Trinajstić information content (AvgIpc) is 2.78. The van der Waals surface area contributed by atoms with Gasteiger partial charge in [0.15, 0.2) is 6.17 Å². The van der Waals surface area contributed by atoms with Crippen molar-refractivity contribution < 1.29 is 41.3 Å². The molecule has 0 aromatic heterocycles. The molecule has 0 saturated carbocycles. The predicted molar refractivity (Wildman–Crippen MR) is 111 cm³/mol. The van der Waals surface area contributed by atoms with Gasteiger partial charge >= 0.3 is 5.97 Å². The topological polar surface area (TPSA) is 151 Å². The number of β-amino-alcohol motifs (C(OH)–C–C–N with tert-alkyl or cyclic N) is 1. The molecule has 1 fully saturated rings. The van der Waals surface area contributed by atoms with Gasteiger partial charge in [0.2, 0.25) is 20.0 Å². The molecule has 32 heavy (non-hydrogen) atoms. The predicted octanol–water partition coefficient (Wildman–Crippen LogP) is 0.171. The van der Waals surface area contributed by atoms with Crippen molar-refractivity contribution in [3.63, 3.8) is 0 Å². The first-order valence-electron chi connectivity index (χ1n) is 9.25.